The Morgan fingerprint density at radius 1 is 1.25 bits per heavy atom. The van der Waals surface area contributed by atoms with E-state index in [4.69, 9.17) is 0 Å². The van der Waals surface area contributed by atoms with Crippen LogP contribution in [0.3, 0.4) is 0 Å². The van der Waals surface area contributed by atoms with E-state index in [-0.39, 0.29) is 5.82 Å². The summed E-state index contributed by atoms with van der Waals surface area (Å²) in [5.74, 6) is -0.151. The summed E-state index contributed by atoms with van der Waals surface area (Å²) >= 11 is 0. The first-order valence-electron chi connectivity index (χ1n) is 5.70. The predicted molar refractivity (Wildman–Crippen MR) is 66.3 cm³/mol. The Morgan fingerprint density at radius 3 is 2.62 bits per heavy atom. The van der Waals surface area contributed by atoms with E-state index >= 15 is 0 Å². The molecule has 0 saturated carbocycles. The largest absolute Gasteiger partial charge is 0.315 e. The fourth-order valence-corrected chi connectivity index (χ4v) is 1.59. The van der Waals surface area contributed by atoms with Gasteiger partial charge in [0.1, 0.15) is 5.82 Å². The van der Waals surface area contributed by atoms with Crippen molar-refractivity contribution in [3.63, 3.8) is 0 Å². The Labute approximate surface area is 97.5 Å². The van der Waals surface area contributed by atoms with Crippen LogP contribution in [0, 0.1) is 12.7 Å². The van der Waals surface area contributed by atoms with Crippen molar-refractivity contribution in [2.75, 3.05) is 33.7 Å². The second-order valence-electron chi connectivity index (χ2n) is 4.37. The average molecular weight is 224 g/mol. The van der Waals surface area contributed by atoms with E-state index < -0.39 is 0 Å². The monoisotopic (exact) mass is 224 g/mol. The number of nitrogens with zero attached hydrogens (tertiary/aromatic N) is 1. The molecule has 0 unspecified atom stereocenters. The maximum absolute atomic E-state index is 12.9. The van der Waals surface area contributed by atoms with E-state index in [0.717, 1.165) is 31.6 Å². The molecule has 0 fully saturated rings. The molecule has 0 spiro atoms. The Balaban J connectivity index is 2.27. The second kappa shape index (κ2) is 6.61. The highest BCUT2D eigenvalue weighted by molar-refractivity contribution is 5.26. The minimum atomic E-state index is -0.151. The first-order chi connectivity index (χ1) is 7.59. The smallest absolute Gasteiger partial charge is 0.123 e. The minimum absolute atomic E-state index is 0.151. The molecule has 0 saturated heterocycles. The van der Waals surface area contributed by atoms with Gasteiger partial charge < -0.3 is 10.2 Å². The van der Waals surface area contributed by atoms with Crippen LogP contribution in [0.15, 0.2) is 18.2 Å². The molecule has 0 aliphatic heterocycles. The van der Waals surface area contributed by atoms with Crippen molar-refractivity contribution in [1.29, 1.82) is 0 Å². The maximum Gasteiger partial charge on any atom is 0.123 e. The van der Waals surface area contributed by atoms with Gasteiger partial charge in [0.05, 0.1) is 0 Å². The zero-order chi connectivity index (χ0) is 12.0. The highest BCUT2D eigenvalue weighted by Gasteiger charge is 1.99. The van der Waals surface area contributed by atoms with E-state index in [9.17, 15) is 4.39 Å². The van der Waals surface area contributed by atoms with Crippen LogP contribution in [0.1, 0.15) is 11.1 Å². The zero-order valence-corrected chi connectivity index (χ0v) is 10.4. The molecule has 2 nitrogen and oxygen atoms in total. The fraction of sp³-hybridized carbons (Fsp3) is 0.538. The first-order valence-corrected chi connectivity index (χ1v) is 5.70. The highest BCUT2D eigenvalue weighted by atomic mass is 19.1. The Kier molecular flexibility index (Phi) is 5.43. The van der Waals surface area contributed by atoms with E-state index in [1.807, 2.05) is 13.0 Å². The lowest BCUT2D eigenvalue weighted by molar-refractivity contribution is 0.401. The SMILES string of the molecule is Cc1cc(F)ccc1CCNCCN(C)C. The van der Waals surface area contributed by atoms with Crippen molar-refractivity contribution in [2.24, 2.45) is 0 Å². The molecule has 0 aliphatic carbocycles. The number of rotatable bonds is 6. The lowest BCUT2D eigenvalue weighted by Crippen LogP contribution is -2.28. The van der Waals surface area contributed by atoms with Crippen LogP contribution in [0.4, 0.5) is 4.39 Å². The van der Waals surface area contributed by atoms with Crippen molar-refractivity contribution >= 4 is 0 Å². The van der Waals surface area contributed by atoms with E-state index in [1.165, 1.54) is 11.6 Å². The molecule has 0 heterocycles. The van der Waals surface area contributed by atoms with Crippen LogP contribution in [0.25, 0.3) is 0 Å². The second-order valence-corrected chi connectivity index (χ2v) is 4.37. The highest BCUT2D eigenvalue weighted by Crippen LogP contribution is 2.10. The van der Waals surface area contributed by atoms with Gasteiger partial charge in [0.15, 0.2) is 0 Å². The van der Waals surface area contributed by atoms with Gasteiger partial charge >= 0.3 is 0 Å². The summed E-state index contributed by atoms with van der Waals surface area (Å²) in [5, 5.41) is 3.37. The van der Waals surface area contributed by atoms with Crippen molar-refractivity contribution in [3.8, 4) is 0 Å². The molecule has 16 heavy (non-hydrogen) atoms. The number of benzene rings is 1. The molecule has 0 atom stereocenters. The fourth-order valence-electron chi connectivity index (χ4n) is 1.59. The lowest BCUT2D eigenvalue weighted by Gasteiger charge is -2.11. The molecular formula is C13H21FN2. The Morgan fingerprint density at radius 2 is 2.00 bits per heavy atom. The molecule has 0 aliphatic rings. The predicted octanol–water partition coefficient (Wildman–Crippen LogP) is 1.83. The number of halogens is 1. The summed E-state index contributed by atoms with van der Waals surface area (Å²) in [7, 11) is 4.12. The number of hydrogen-bond donors (Lipinski definition) is 1. The van der Waals surface area contributed by atoms with Crippen molar-refractivity contribution in [1.82, 2.24) is 10.2 Å². The van der Waals surface area contributed by atoms with Gasteiger partial charge in [-0.05, 0) is 57.2 Å². The standard InChI is InChI=1S/C13H21FN2/c1-11-10-13(14)5-4-12(11)6-7-15-8-9-16(2)3/h4-5,10,15H,6-9H2,1-3H3. The third kappa shape index (κ3) is 4.73. The molecule has 0 amide bonds. The van der Waals surface area contributed by atoms with Crippen LogP contribution < -0.4 is 5.32 Å². The van der Waals surface area contributed by atoms with Crippen molar-refractivity contribution in [2.45, 2.75) is 13.3 Å². The van der Waals surface area contributed by atoms with Gasteiger partial charge in [0, 0.05) is 13.1 Å². The van der Waals surface area contributed by atoms with E-state index in [1.54, 1.807) is 6.07 Å². The molecule has 1 aromatic carbocycles. The molecule has 1 rings (SSSR count). The van der Waals surface area contributed by atoms with E-state index in [2.05, 4.69) is 24.3 Å². The van der Waals surface area contributed by atoms with Crippen LogP contribution >= 0.6 is 0 Å². The van der Waals surface area contributed by atoms with Gasteiger partial charge in [-0.1, -0.05) is 6.07 Å². The average Bonchev–Trinajstić information content (AvgIpc) is 2.20. The van der Waals surface area contributed by atoms with Crippen LogP contribution in [0.2, 0.25) is 0 Å². The van der Waals surface area contributed by atoms with Crippen LogP contribution in [-0.4, -0.2) is 38.6 Å². The van der Waals surface area contributed by atoms with Crippen molar-refractivity contribution < 1.29 is 4.39 Å². The molecule has 1 aromatic rings. The number of hydrogen-bond acceptors (Lipinski definition) is 2. The molecule has 1 N–H and O–H groups in total. The summed E-state index contributed by atoms with van der Waals surface area (Å²) in [6, 6.07) is 5.00. The van der Waals surface area contributed by atoms with Gasteiger partial charge in [0.25, 0.3) is 0 Å². The van der Waals surface area contributed by atoms with Gasteiger partial charge in [0.2, 0.25) is 0 Å². The number of likely N-dealkylation sites (N-methyl/N-ethyl adjacent to an activating group) is 1. The van der Waals surface area contributed by atoms with Gasteiger partial charge in [-0.25, -0.2) is 4.39 Å². The van der Waals surface area contributed by atoms with Crippen molar-refractivity contribution in [3.05, 3.63) is 35.1 Å². The quantitative estimate of drug-likeness (QED) is 0.742. The van der Waals surface area contributed by atoms with E-state index in [0.29, 0.717) is 0 Å². The third-order valence-corrected chi connectivity index (χ3v) is 2.61. The summed E-state index contributed by atoms with van der Waals surface area (Å²) in [5.41, 5.74) is 2.26. The summed E-state index contributed by atoms with van der Waals surface area (Å²) in [4.78, 5) is 2.15. The van der Waals surface area contributed by atoms with Crippen LogP contribution in [-0.2, 0) is 6.42 Å². The summed E-state index contributed by atoms with van der Waals surface area (Å²) in [6.07, 6.45) is 0.958. The minimum Gasteiger partial charge on any atom is -0.315 e. The molecule has 90 valence electrons. The molecule has 0 bridgehead atoms. The van der Waals surface area contributed by atoms with Gasteiger partial charge in [-0.2, -0.15) is 0 Å². The van der Waals surface area contributed by atoms with Gasteiger partial charge in [-0.3, -0.25) is 0 Å². The molecule has 0 aromatic heterocycles. The topological polar surface area (TPSA) is 15.3 Å². The lowest BCUT2D eigenvalue weighted by atomic mass is 10.1. The molecular weight excluding hydrogens is 203 g/mol. The summed E-state index contributed by atoms with van der Waals surface area (Å²) in [6.45, 7) is 4.94. The summed E-state index contributed by atoms with van der Waals surface area (Å²) < 4.78 is 12.9. The van der Waals surface area contributed by atoms with Gasteiger partial charge in [-0.15, -0.1) is 0 Å². The normalized spacial score (nSPS) is 11.1. The number of aryl methyl sites for hydroxylation is 1. The first kappa shape index (κ1) is 13.1. The zero-order valence-electron chi connectivity index (χ0n) is 10.4. The molecule has 0 radical (unpaired) electrons. The third-order valence-electron chi connectivity index (χ3n) is 2.61. The Bertz CT molecular complexity index is 324. The van der Waals surface area contributed by atoms with Crippen LogP contribution in [0.5, 0.6) is 0 Å². The molecule has 3 heteroatoms. The number of nitrogens with one attached hydrogen (secondary N) is 1. The maximum atomic E-state index is 12.9. The Hall–Kier alpha value is -0.930.